The molecule has 3 saturated heterocycles. The first-order chi connectivity index (χ1) is 14.9. The van der Waals surface area contributed by atoms with Crippen molar-refractivity contribution >= 4 is 16.1 Å². The Bertz CT molecular complexity index is 931. The third-order valence-corrected chi connectivity index (χ3v) is 9.66. The Labute approximate surface area is 183 Å². The maximum atomic E-state index is 13.3. The van der Waals surface area contributed by atoms with E-state index < -0.39 is 20.9 Å². The number of hydrogen-bond acceptors (Lipinski definition) is 5. The van der Waals surface area contributed by atoms with Crippen molar-refractivity contribution in [3.8, 4) is 5.75 Å². The van der Waals surface area contributed by atoms with Crippen LogP contribution in [0.25, 0.3) is 0 Å². The summed E-state index contributed by atoms with van der Waals surface area (Å²) in [4.78, 5) is 14.6. The van der Waals surface area contributed by atoms with E-state index in [2.05, 4.69) is 5.32 Å². The topological polar surface area (TPSA) is 88.2 Å². The van der Waals surface area contributed by atoms with E-state index in [-0.39, 0.29) is 18.2 Å². The molecule has 0 aromatic heterocycles. The van der Waals surface area contributed by atoms with Gasteiger partial charge in [0.15, 0.2) is 0 Å². The van der Waals surface area contributed by atoms with Crippen molar-refractivity contribution in [3.05, 3.63) is 29.8 Å². The lowest BCUT2D eigenvalue weighted by atomic mass is 9.99. The maximum absolute atomic E-state index is 13.3. The predicted molar refractivity (Wildman–Crippen MR) is 116 cm³/mol. The van der Waals surface area contributed by atoms with Crippen LogP contribution < -0.4 is 10.1 Å². The number of benzene rings is 1. The van der Waals surface area contributed by atoms with Gasteiger partial charge in [-0.1, -0.05) is 25.0 Å². The van der Waals surface area contributed by atoms with E-state index in [0.717, 1.165) is 37.0 Å². The first-order valence-electron chi connectivity index (χ1n) is 11.2. The zero-order valence-corrected chi connectivity index (χ0v) is 18.8. The first-order valence-corrected chi connectivity index (χ1v) is 12.8. The van der Waals surface area contributed by atoms with Gasteiger partial charge in [-0.3, -0.25) is 0 Å². The molecule has 1 N–H and O–H groups in total. The number of ether oxygens (including phenoxy) is 2. The van der Waals surface area contributed by atoms with Crippen molar-refractivity contribution in [1.82, 2.24) is 14.5 Å². The summed E-state index contributed by atoms with van der Waals surface area (Å²) in [5.74, 6) is 0.781. The van der Waals surface area contributed by atoms with Gasteiger partial charge in [0, 0.05) is 25.7 Å². The van der Waals surface area contributed by atoms with Gasteiger partial charge in [0.25, 0.3) is 0 Å². The van der Waals surface area contributed by atoms with Gasteiger partial charge in [0.1, 0.15) is 16.6 Å². The number of carbonyl (C=O) groups excluding carboxylic acids is 1. The summed E-state index contributed by atoms with van der Waals surface area (Å²) in [6.07, 6.45) is 5.26. The number of nitrogens with zero attached hydrogens (tertiary/aromatic N) is 2. The number of urea groups is 1. The molecule has 3 heterocycles. The molecule has 1 aliphatic carbocycles. The van der Waals surface area contributed by atoms with Gasteiger partial charge in [-0.2, -0.15) is 4.31 Å². The van der Waals surface area contributed by atoms with Crippen LogP contribution in [0.4, 0.5) is 4.79 Å². The Balaban J connectivity index is 1.27. The minimum Gasteiger partial charge on any atom is -0.497 e. The Kier molecular flexibility index (Phi) is 5.38. The second-order valence-corrected chi connectivity index (χ2v) is 11.4. The Morgan fingerprint density at radius 2 is 1.97 bits per heavy atom. The fourth-order valence-corrected chi connectivity index (χ4v) is 8.00. The highest BCUT2D eigenvalue weighted by molar-refractivity contribution is 7.90. The first kappa shape index (κ1) is 21.0. The molecule has 1 aromatic rings. The van der Waals surface area contributed by atoms with Crippen LogP contribution in [0.1, 0.15) is 37.7 Å². The minimum absolute atomic E-state index is 0.0747. The molecule has 8 nitrogen and oxygen atoms in total. The fraction of sp³-hybridized carbons (Fsp3) is 0.682. The number of sulfonamides is 1. The van der Waals surface area contributed by atoms with Crippen molar-refractivity contribution in [2.24, 2.45) is 0 Å². The van der Waals surface area contributed by atoms with Crippen LogP contribution in [-0.2, 0) is 21.2 Å². The van der Waals surface area contributed by atoms with Gasteiger partial charge < -0.3 is 19.7 Å². The highest BCUT2D eigenvalue weighted by Gasteiger charge is 2.65. The number of amides is 2. The molecule has 3 aliphatic heterocycles. The summed E-state index contributed by atoms with van der Waals surface area (Å²) >= 11 is 0. The molecule has 4 fully saturated rings. The lowest BCUT2D eigenvalue weighted by Crippen LogP contribution is -2.59. The summed E-state index contributed by atoms with van der Waals surface area (Å²) in [5, 5.41) is 2.58. The second-order valence-electron chi connectivity index (χ2n) is 9.32. The summed E-state index contributed by atoms with van der Waals surface area (Å²) in [6.45, 7) is 1.54. The van der Waals surface area contributed by atoms with Crippen LogP contribution in [0.3, 0.4) is 0 Å². The van der Waals surface area contributed by atoms with Crippen molar-refractivity contribution in [2.75, 3.05) is 33.3 Å². The summed E-state index contributed by atoms with van der Waals surface area (Å²) in [5.41, 5.74) is 0.250. The maximum Gasteiger partial charge on any atom is 0.317 e. The lowest BCUT2D eigenvalue weighted by molar-refractivity contribution is -0.0955. The zero-order chi connectivity index (χ0) is 21.6. The molecule has 9 heteroatoms. The molecule has 1 saturated carbocycles. The third-order valence-electron chi connectivity index (χ3n) is 7.29. The van der Waals surface area contributed by atoms with E-state index in [1.807, 2.05) is 24.3 Å². The molecule has 2 amide bonds. The molecular weight excluding hydrogens is 418 g/mol. The molecule has 0 radical (unpaired) electrons. The van der Waals surface area contributed by atoms with Crippen LogP contribution >= 0.6 is 0 Å². The standard InChI is InChI=1S/C22H31N3O5S/c1-29-18-8-6-16(7-9-18)10-11-25-15-22-14-24(21(26)23-17-4-2-3-5-17)13-19(30-22)12-20(22)31(25,27)28/h6-9,17,19-20H,2-5,10-15H2,1H3,(H,23,26)/t19-,20+,22+/m1/s1. The molecule has 3 atom stereocenters. The van der Waals surface area contributed by atoms with Crippen molar-refractivity contribution in [3.63, 3.8) is 0 Å². The summed E-state index contributed by atoms with van der Waals surface area (Å²) in [7, 11) is -1.83. The normalized spacial score (nSPS) is 32.2. The molecule has 0 unspecified atom stereocenters. The van der Waals surface area contributed by atoms with E-state index >= 15 is 0 Å². The summed E-state index contributed by atoms with van der Waals surface area (Å²) < 4.78 is 39.6. The molecule has 2 bridgehead atoms. The van der Waals surface area contributed by atoms with E-state index in [9.17, 15) is 13.2 Å². The number of likely N-dealkylation sites (tertiary alicyclic amines) is 1. The van der Waals surface area contributed by atoms with Gasteiger partial charge in [-0.05, 0) is 43.4 Å². The molecule has 1 aromatic carbocycles. The van der Waals surface area contributed by atoms with Crippen LogP contribution in [-0.4, -0.2) is 79.9 Å². The molecular formula is C22H31N3O5S. The fourth-order valence-electron chi connectivity index (χ4n) is 5.69. The number of carbonyl (C=O) groups is 1. The van der Waals surface area contributed by atoms with Crippen molar-refractivity contribution in [2.45, 2.75) is 61.5 Å². The second kappa shape index (κ2) is 7.94. The summed E-state index contributed by atoms with van der Waals surface area (Å²) in [6, 6.07) is 7.86. The highest BCUT2D eigenvalue weighted by atomic mass is 32.2. The average molecular weight is 450 g/mol. The number of hydrogen-bond donors (Lipinski definition) is 1. The van der Waals surface area contributed by atoms with E-state index in [1.54, 1.807) is 16.3 Å². The van der Waals surface area contributed by atoms with Gasteiger partial charge in [0.2, 0.25) is 10.0 Å². The van der Waals surface area contributed by atoms with Gasteiger partial charge in [-0.25, -0.2) is 13.2 Å². The zero-order valence-electron chi connectivity index (χ0n) is 18.0. The van der Waals surface area contributed by atoms with E-state index in [0.29, 0.717) is 39.0 Å². The predicted octanol–water partition coefficient (Wildman–Crippen LogP) is 1.75. The lowest BCUT2D eigenvalue weighted by Gasteiger charge is -2.39. The number of methoxy groups -OCH3 is 1. The molecule has 170 valence electrons. The van der Waals surface area contributed by atoms with Crippen molar-refractivity contribution < 1.29 is 22.7 Å². The monoisotopic (exact) mass is 449 g/mol. The Morgan fingerprint density at radius 3 is 2.68 bits per heavy atom. The van der Waals surface area contributed by atoms with Gasteiger partial charge in [0.05, 0.1) is 19.8 Å². The van der Waals surface area contributed by atoms with E-state index in [4.69, 9.17) is 9.47 Å². The van der Waals surface area contributed by atoms with E-state index in [1.165, 1.54) is 0 Å². The number of fused-ring (bicyclic) bond motifs is 1. The molecule has 1 spiro atoms. The SMILES string of the molecule is COc1ccc(CCN2C[C@@]34CN(C(=O)NC5CCCC5)C[C@@H](C[C@@H]3S2(=O)=O)O4)cc1. The largest absolute Gasteiger partial charge is 0.497 e. The number of morpholine rings is 1. The Hall–Kier alpha value is -1.84. The molecule has 4 aliphatic rings. The number of nitrogens with one attached hydrogen (secondary N) is 1. The third kappa shape index (κ3) is 3.81. The van der Waals surface area contributed by atoms with Crippen molar-refractivity contribution in [1.29, 1.82) is 0 Å². The smallest absolute Gasteiger partial charge is 0.317 e. The van der Waals surface area contributed by atoms with Crippen LogP contribution in [0, 0.1) is 0 Å². The molecule has 31 heavy (non-hydrogen) atoms. The van der Waals surface area contributed by atoms with Crippen LogP contribution in [0.15, 0.2) is 24.3 Å². The molecule has 5 rings (SSSR count). The van der Waals surface area contributed by atoms with Crippen LogP contribution in [0.2, 0.25) is 0 Å². The van der Waals surface area contributed by atoms with Crippen LogP contribution in [0.5, 0.6) is 5.75 Å². The number of rotatable bonds is 5. The average Bonchev–Trinajstić information content (AvgIpc) is 3.41. The minimum atomic E-state index is -3.46. The highest BCUT2D eigenvalue weighted by Crippen LogP contribution is 2.46. The van der Waals surface area contributed by atoms with Gasteiger partial charge in [-0.15, -0.1) is 0 Å². The van der Waals surface area contributed by atoms with Gasteiger partial charge >= 0.3 is 6.03 Å². The Morgan fingerprint density at radius 1 is 1.23 bits per heavy atom. The quantitative estimate of drug-likeness (QED) is 0.740.